The fourth-order valence-electron chi connectivity index (χ4n) is 2.20. The normalized spacial score (nSPS) is 17.1. The second-order valence-electron chi connectivity index (χ2n) is 4.42. The van der Waals surface area contributed by atoms with Crippen LogP contribution in [0.4, 0.5) is 5.95 Å². The van der Waals surface area contributed by atoms with Gasteiger partial charge in [-0.1, -0.05) is 23.8 Å². The maximum absolute atomic E-state index is 12.4. The monoisotopic (exact) mass is 303 g/mol. The summed E-state index contributed by atoms with van der Waals surface area (Å²) in [6.07, 6.45) is 1.53. The molecule has 2 aromatic rings. The van der Waals surface area contributed by atoms with Gasteiger partial charge in [0.2, 0.25) is 5.95 Å². The van der Waals surface area contributed by atoms with Crippen LogP contribution in [0.25, 0.3) is 0 Å². The van der Waals surface area contributed by atoms with E-state index in [9.17, 15) is 4.79 Å². The molecule has 1 N–H and O–H groups in total. The molecule has 0 bridgehead atoms. The van der Waals surface area contributed by atoms with Crippen LogP contribution in [0.1, 0.15) is 17.8 Å². The predicted molar refractivity (Wildman–Crippen MR) is 77.8 cm³/mol. The zero-order valence-electron chi connectivity index (χ0n) is 11.3. The molecule has 1 aliphatic heterocycles. The highest BCUT2D eigenvalue weighted by molar-refractivity contribution is 7.10. The Morgan fingerprint density at radius 1 is 1.67 bits per heavy atom. The quantitative estimate of drug-likeness (QED) is 0.684. The molecule has 3 heterocycles. The zero-order valence-corrected chi connectivity index (χ0v) is 12.1. The van der Waals surface area contributed by atoms with E-state index < -0.39 is 5.97 Å². The molecule has 21 heavy (non-hydrogen) atoms. The first-order chi connectivity index (χ1) is 10.2. The molecule has 108 valence electrons. The largest absolute Gasteiger partial charge is 0.458 e. The van der Waals surface area contributed by atoms with Gasteiger partial charge in [-0.3, -0.25) is 0 Å². The number of fused-ring (bicyclic) bond motifs is 1. The number of nitrogens with zero attached hydrogens (tertiary/aromatic N) is 4. The van der Waals surface area contributed by atoms with Crippen LogP contribution in [0, 0.1) is 0 Å². The van der Waals surface area contributed by atoms with Gasteiger partial charge in [0.1, 0.15) is 12.6 Å². The molecule has 1 atom stereocenters. The Kier molecular flexibility index (Phi) is 3.53. The molecule has 0 fully saturated rings. The van der Waals surface area contributed by atoms with Gasteiger partial charge in [0.05, 0.1) is 5.57 Å². The Hall–Kier alpha value is -2.48. The third-order valence-corrected chi connectivity index (χ3v) is 4.00. The van der Waals surface area contributed by atoms with Crippen LogP contribution in [0.2, 0.25) is 0 Å². The summed E-state index contributed by atoms with van der Waals surface area (Å²) in [6.45, 7) is 5.52. The lowest BCUT2D eigenvalue weighted by Gasteiger charge is -2.26. The average molecular weight is 303 g/mol. The molecule has 0 spiro atoms. The van der Waals surface area contributed by atoms with Crippen LogP contribution in [0.3, 0.4) is 0 Å². The number of esters is 1. The van der Waals surface area contributed by atoms with Crippen LogP contribution < -0.4 is 5.32 Å². The number of carbonyl (C=O) groups excluding carboxylic acids is 1. The number of ether oxygens (including phenoxy) is 1. The van der Waals surface area contributed by atoms with Crippen LogP contribution in [-0.4, -0.2) is 32.8 Å². The van der Waals surface area contributed by atoms with Crippen molar-refractivity contribution in [3.05, 3.63) is 46.3 Å². The molecular weight excluding hydrogens is 290 g/mol. The highest BCUT2D eigenvalue weighted by Gasteiger charge is 2.35. The number of allylic oxidation sites excluding steroid dienone is 1. The fourth-order valence-corrected chi connectivity index (χ4v) is 3.02. The number of hydrogen-bond donors (Lipinski definition) is 1. The van der Waals surface area contributed by atoms with E-state index in [0.717, 1.165) is 4.88 Å². The van der Waals surface area contributed by atoms with Crippen molar-refractivity contribution < 1.29 is 9.53 Å². The zero-order chi connectivity index (χ0) is 14.8. The van der Waals surface area contributed by atoms with E-state index in [1.165, 1.54) is 17.4 Å². The highest BCUT2D eigenvalue weighted by Crippen LogP contribution is 2.36. The van der Waals surface area contributed by atoms with Gasteiger partial charge in [0.25, 0.3) is 0 Å². The van der Waals surface area contributed by atoms with Gasteiger partial charge in [0, 0.05) is 10.6 Å². The Bertz CT molecular complexity index is 704. The highest BCUT2D eigenvalue weighted by atomic mass is 32.1. The summed E-state index contributed by atoms with van der Waals surface area (Å²) in [5.41, 5.74) is 1.18. The second kappa shape index (κ2) is 5.49. The van der Waals surface area contributed by atoms with Gasteiger partial charge < -0.3 is 10.1 Å². The molecule has 2 aromatic heterocycles. The van der Waals surface area contributed by atoms with Gasteiger partial charge in [-0.2, -0.15) is 4.68 Å². The van der Waals surface area contributed by atoms with Gasteiger partial charge in [-0.05, 0) is 28.8 Å². The summed E-state index contributed by atoms with van der Waals surface area (Å²) in [5.74, 6) is 0.102. The van der Waals surface area contributed by atoms with Gasteiger partial charge in [-0.15, -0.1) is 11.3 Å². The van der Waals surface area contributed by atoms with Crippen molar-refractivity contribution in [3.8, 4) is 0 Å². The van der Waals surface area contributed by atoms with Crippen molar-refractivity contribution >= 4 is 23.3 Å². The van der Waals surface area contributed by atoms with Crippen molar-refractivity contribution in [1.82, 2.24) is 20.2 Å². The predicted octanol–water partition coefficient (Wildman–Crippen LogP) is 1.75. The van der Waals surface area contributed by atoms with Crippen LogP contribution in [-0.2, 0) is 9.53 Å². The van der Waals surface area contributed by atoms with E-state index in [0.29, 0.717) is 17.2 Å². The number of tetrazole rings is 1. The van der Waals surface area contributed by atoms with Gasteiger partial charge in [-0.25, -0.2) is 4.79 Å². The SMILES string of the molecule is C=CCOC(=O)C1=C(C)Nc2nnnn2[C@H]1c1cccs1. The van der Waals surface area contributed by atoms with E-state index in [4.69, 9.17) is 4.74 Å². The van der Waals surface area contributed by atoms with Crippen molar-refractivity contribution in [2.24, 2.45) is 0 Å². The standard InChI is InChI=1S/C13H13N5O2S/c1-3-6-20-12(19)10-8(2)14-13-15-16-17-18(13)11(10)9-5-4-7-21-9/h3-5,7,11H,1,6H2,2H3,(H,14,15,17)/t11-/m0/s1. The minimum atomic E-state index is -0.403. The van der Waals surface area contributed by atoms with Crippen molar-refractivity contribution in [2.75, 3.05) is 11.9 Å². The van der Waals surface area contributed by atoms with Gasteiger partial charge >= 0.3 is 5.97 Å². The van der Waals surface area contributed by atoms with E-state index in [1.807, 2.05) is 24.4 Å². The van der Waals surface area contributed by atoms with Crippen molar-refractivity contribution in [3.63, 3.8) is 0 Å². The number of carbonyl (C=O) groups is 1. The lowest BCUT2D eigenvalue weighted by atomic mass is 10.0. The minimum absolute atomic E-state index is 0.162. The molecule has 0 amide bonds. The summed E-state index contributed by atoms with van der Waals surface area (Å²) in [4.78, 5) is 13.3. The fraction of sp³-hybridized carbons (Fsp3) is 0.231. The number of rotatable bonds is 4. The minimum Gasteiger partial charge on any atom is -0.458 e. The van der Waals surface area contributed by atoms with Crippen LogP contribution >= 0.6 is 11.3 Å². The molecule has 0 radical (unpaired) electrons. The third kappa shape index (κ3) is 2.33. The summed E-state index contributed by atoms with van der Waals surface area (Å²) in [7, 11) is 0. The molecule has 0 saturated heterocycles. The molecular formula is C13H13N5O2S. The molecule has 8 heteroatoms. The maximum atomic E-state index is 12.4. The lowest BCUT2D eigenvalue weighted by molar-refractivity contribution is -0.138. The van der Waals surface area contributed by atoms with Crippen molar-refractivity contribution in [2.45, 2.75) is 13.0 Å². The number of hydrogen-bond acceptors (Lipinski definition) is 7. The third-order valence-electron chi connectivity index (χ3n) is 3.08. The Labute approximate surface area is 124 Å². The Balaban J connectivity index is 2.06. The first-order valence-corrected chi connectivity index (χ1v) is 7.17. The summed E-state index contributed by atoms with van der Waals surface area (Å²) in [6, 6.07) is 3.49. The molecule has 0 saturated carbocycles. The van der Waals surface area contributed by atoms with E-state index in [-0.39, 0.29) is 12.6 Å². The molecule has 1 aliphatic rings. The van der Waals surface area contributed by atoms with Gasteiger partial charge in [0.15, 0.2) is 0 Å². The molecule has 0 unspecified atom stereocenters. The number of nitrogens with one attached hydrogen (secondary N) is 1. The van der Waals surface area contributed by atoms with Crippen LogP contribution in [0.5, 0.6) is 0 Å². The summed E-state index contributed by atoms with van der Waals surface area (Å²) in [5, 5.41) is 16.5. The lowest BCUT2D eigenvalue weighted by Crippen LogP contribution is -2.29. The Morgan fingerprint density at radius 3 is 3.24 bits per heavy atom. The summed E-state index contributed by atoms with van der Waals surface area (Å²) >= 11 is 1.54. The van der Waals surface area contributed by atoms with E-state index in [1.54, 1.807) is 4.68 Å². The summed E-state index contributed by atoms with van der Waals surface area (Å²) < 4.78 is 6.78. The molecule has 7 nitrogen and oxygen atoms in total. The van der Waals surface area contributed by atoms with Crippen molar-refractivity contribution in [1.29, 1.82) is 0 Å². The topological polar surface area (TPSA) is 81.9 Å². The first kappa shape index (κ1) is 13.5. The number of thiophene rings is 1. The smallest absolute Gasteiger partial charge is 0.338 e. The number of anilines is 1. The van der Waals surface area contributed by atoms with E-state index in [2.05, 4.69) is 27.4 Å². The molecule has 0 aliphatic carbocycles. The average Bonchev–Trinajstić information content (AvgIpc) is 3.13. The maximum Gasteiger partial charge on any atom is 0.338 e. The van der Waals surface area contributed by atoms with E-state index >= 15 is 0 Å². The van der Waals surface area contributed by atoms with Crippen LogP contribution in [0.15, 0.2) is 41.4 Å². The Morgan fingerprint density at radius 2 is 2.52 bits per heavy atom. The first-order valence-electron chi connectivity index (χ1n) is 6.29. The number of aromatic nitrogens is 4. The second-order valence-corrected chi connectivity index (χ2v) is 5.40. The molecule has 3 rings (SSSR count). The molecule has 0 aromatic carbocycles.